The third-order valence-electron chi connectivity index (χ3n) is 4.71. The first kappa shape index (κ1) is 14.5. The molecule has 2 N–H and O–H groups in total. The van der Waals surface area contributed by atoms with Gasteiger partial charge in [0.25, 0.3) is 0 Å². The van der Waals surface area contributed by atoms with Gasteiger partial charge in [0.2, 0.25) is 5.91 Å². The quantitative estimate of drug-likeness (QED) is 0.889. The van der Waals surface area contributed by atoms with Gasteiger partial charge in [-0.1, -0.05) is 30.7 Å². The van der Waals surface area contributed by atoms with Crippen LogP contribution in [0.1, 0.15) is 42.9 Å². The van der Waals surface area contributed by atoms with Crippen molar-refractivity contribution < 1.29 is 9.90 Å². The second-order valence-electron chi connectivity index (χ2n) is 6.31. The molecule has 1 aromatic carbocycles. The number of nitrogens with one attached hydrogen (secondary N) is 1. The fourth-order valence-electron chi connectivity index (χ4n) is 3.13. The molecule has 2 aliphatic rings. The predicted octanol–water partition coefficient (Wildman–Crippen LogP) is 1.84. The SMILES string of the molecule is O=C(CN1CCC(O)c2ccccc2C1)NCC1CCC1. The van der Waals surface area contributed by atoms with Crippen molar-refractivity contribution in [3.8, 4) is 0 Å². The molecular formula is C17H24N2O2. The summed E-state index contributed by atoms with van der Waals surface area (Å²) in [6.45, 7) is 2.75. The van der Waals surface area contributed by atoms with E-state index in [-0.39, 0.29) is 5.91 Å². The molecule has 3 rings (SSSR count). The number of benzene rings is 1. The van der Waals surface area contributed by atoms with Crippen molar-refractivity contribution in [2.75, 3.05) is 19.6 Å². The van der Waals surface area contributed by atoms with Crippen LogP contribution in [-0.2, 0) is 11.3 Å². The summed E-state index contributed by atoms with van der Waals surface area (Å²) < 4.78 is 0. The first-order valence-electron chi connectivity index (χ1n) is 7.97. The molecule has 1 saturated carbocycles. The summed E-state index contributed by atoms with van der Waals surface area (Å²) >= 11 is 0. The molecule has 4 nitrogen and oxygen atoms in total. The monoisotopic (exact) mass is 288 g/mol. The van der Waals surface area contributed by atoms with Crippen LogP contribution in [-0.4, -0.2) is 35.5 Å². The van der Waals surface area contributed by atoms with Crippen LogP contribution in [0.25, 0.3) is 0 Å². The van der Waals surface area contributed by atoms with Gasteiger partial charge in [-0.3, -0.25) is 9.69 Å². The van der Waals surface area contributed by atoms with E-state index < -0.39 is 6.10 Å². The number of fused-ring (bicyclic) bond motifs is 1. The van der Waals surface area contributed by atoms with E-state index in [2.05, 4.69) is 10.2 Å². The molecule has 1 aliphatic heterocycles. The Labute approximate surface area is 126 Å². The largest absolute Gasteiger partial charge is 0.388 e. The van der Waals surface area contributed by atoms with Crippen molar-refractivity contribution in [1.29, 1.82) is 0 Å². The second kappa shape index (κ2) is 6.58. The number of carbonyl (C=O) groups is 1. The Morgan fingerprint density at radius 1 is 1.29 bits per heavy atom. The topological polar surface area (TPSA) is 52.6 Å². The standard InChI is InChI=1S/C17H24N2O2/c20-16-8-9-19(11-14-6-1-2-7-15(14)16)12-17(21)18-10-13-4-3-5-13/h1-2,6-7,13,16,20H,3-5,8-12H2,(H,18,21). The summed E-state index contributed by atoms with van der Waals surface area (Å²) in [4.78, 5) is 14.2. The Bertz CT molecular complexity index is 499. The van der Waals surface area contributed by atoms with Crippen LogP contribution in [0.15, 0.2) is 24.3 Å². The van der Waals surface area contributed by atoms with E-state index in [0.29, 0.717) is 18.9 Å². The summed E-state index contributed by atoms with van der Waals surface area (Å²) in [5.74, 6) is 0.802. The van der Waals surface area contributed by atoms with E-state index in [9.17, 15) is 9.90 Å². The molecule has 1 atom stereocenters. The summed E-state index contributed by atoms with van der Waals surface area (Å²) in [7, 11) is 0. The van der Waals surface area contributed by atoms with Gasteiger partial charge >= 0.3 is 0 Å². The third kappa shape index (κ3) is 3.63. The van der Waals surface area contributed by atoms with E-state index >= 15 is 0 Å². The molecule has 1 aliphatic carbocycles. The van der Waals surface area contributed by atoms with Crippen LogP contribution in [0.4, 0.5) is 0 Å². The van der Waals surface area contributed by atoms with Crippen molar-refractivity contribution in [3.05, 3.63) is 35.4 Å². The molecule has 0 spiro atoms. The van der Waals surface area contributed by atoms with E-state index in [0.717, 1.165) is 30.8 Å². The highest BCUT2D eigenvalue weighted by Gasteiger charge is 2.22. The van der Waals surface area contributed by atoms with Gasteiger partial charge in [0.15, 0.2) is 0 Å². The highest BCUT2D eigenvalue weighted by Crippen LogP contribution is 2.26. The Morgan fingerprint density at radius 3 is 2.86 bits per heavy atom. The maximum Gasteiger partial charge on any atom is 0.234 e. The zero-order chi connectivity index (χ0) is 14.7. The molecular weight excluding hydrogens is 264 g/mol. The van der Waals surface area contributed by atoms with Crippen LogP contribution in [0, 0.1) is 5.92 Å². The van der Waals surface area contributed by atoms with Crippen LogP contribution >= 0.6 is 0 Å². The lowest BCUT2D eigenvalue weighted by atomic mass is 9.85. The van der Waals surface area contributed by atoms with Crippen molar-refractivity contribution in [2.24, 2.45) is 5.92 Å². The van der Waals surface area contributed by atoms with Gasteiger partial charge in [-0.15, -0.1) is 0 Å². The van der Waals surface area contributed by atoms with Gasteiger partial charge in [-0.25, -0.2) is 0 Å². The molecule has 1 heterocycles. The van der Waals surface area contributed by atoms with Crippen molar-refractivity contribution in [3.63, 3.8) is 0 Å². The lowest BCUT2D eigenvalue weighted by Crippen LogP contribution is -2.40. The number of amides is 1. The fourth-order valence-corrected chi connectivity index (χ4v) is 3.13. The lowest BCUT2D eigenvalue weighted by molar-refractivity contribution is -0.122. The van der Waals surface area contributed by atoms with Gasteiger partial charge in [-0.05, 0) is 36.3 Å². The number of aliphatic hydroxyl groups excluding tert-OH is 1. The van der Waals surface area contributed by atoms with Gasteiger partial charge in [0.1, 0.15) is 0 Å². The number of rotatable bonds is 4. The molecule has 4 heteroatoms. The van der Waals surface area contributed by atoms with E-state index in [1.54, 1.807) is 0 Å². The molecule has 1 amide bonds. The zero-order valence-electron chi connectivity index (χ0n) is 12.4. The normalized spacial score (nSPS) is 23.0. The van der Waals surface area contributed by atoms with Crippen LogP contribution in [0.2, 0.25) is 0 Å². The number of hydrogen-bond donors (Lipinski definition) is 2. The van der Waals surface area contributed by atoms with Gasteiger partial charge < -0.3 is 10.4 Å². The zero-order valence-corrected chi connectivity index (χ0v) is 12.4. The number of aliphatic hydroxyl groups is 1. The minimum absolute atomic E-state index is 0.107. The van der Waals surface area contributed by atoms with E-state index in [1.165, 1.54) is 19.3 Å². The van der Waals surface area contributed by atoms with Gasteiger partial charge in [0, 0.05) is 19.6 Å². The van der Waals surface area contributed by atoms with Crippen LogP contribution in [0.3, 0.4) is 0 Å². The van der Waals surface area contributed by atoms with Crippen molar-refractivity contribution in [2.45, 2.75) is 38.3 Å². The predicted molar refractivity (Wildman–Crippen MR) is 81.6 cm³/mol. The molecule has 1 unspecified atom stereocenters. The maximum absolute atomic E-state index is 12.0. The van der Waals surface area contributed by atoms with E-state index in [4.69, 9.17) is 0 Å². The Morgan fingerprint density at radius 2 is 2.10 bits per heavy atom. The molecule has 0 bridgehead atoms. The molecule has 0 radical (unpaired) electrons. The molecule has 0 saturated heterocycles. The average molecular weight is 288 g/mol. The Kier molecular flexibility index (Phi) is 4.56. The first-order chi connectivity index (χ1) is 10.2. The Balaban J connectivity index is 1.55. The second-order valence-corrected chi connectivity index (χ2v) is 6.31. The fraction of sp³-hybridized carbons (Fsp3) is 0.588. The maximum atomic E-state index is 12.0. The number of carbonyl (C=O) groups excluding carboxylic acids is 1. The summed E-state index contributed by atoms with van der Waals surface area (Å²) in [6.07, 6.45) is 4.09. The van der Waals surface area contributed by atoms with Crippen LogP contribution < -0.4 is 5.32 Å². The molecule has 0 aromatic heterocycles. The van der Waals surface area contributed by atoms with Crippen molar-refractivity contribution >= 4 is 5.91 Å². The first-order valence-corrected chi connectivity index (χ1v) is 7.97. The third-order valence-corrected chi connectivity index (χ3v) is 4.71. The number of nitrogens with zero attached hydrogens (tertiary/aromatic N) is 1. The van der Waals surface area contributed by atoms with Gasteiger partial charge in [0.05, 0.1) is 12.6 Å². The minimum atomic E-state index is -0.413. The van der Waals surface area contributed by atoms with Crippen molar-refractivity contribution in [1.82, 2.24) is 10.2 Å². The molecule has 1 aromatic rings. The summed E-state index contributed by atoms with van der Waals surface area (Å²) in [5, 5.41) is 13.2. The summed E-state index contributed by atoms with van der Waals surface area (Å²) in [5.41, 5.74) is 2.14. The minimum Gasteiger partial charge on any atom is -0.388 e. The van der Waals surface area contributed by atoms with Gasteiger partial charge in [-0.2, -0.15) is 0 Å². The lowest BCUT2D eigenvalue weighted by Gasteiger charge is -2.26. The van der Waals surface area contributed by atoms with E-state index in [1.807, 2.05) is 24.3 Å². The highest BCUT2D eigenvalue weighted by molar-refractivity contribution is 5.78. The van der Waals surface area contributed by atoms with Crippen LogP contribution in [0.5, 0.6) is 0 Å². The smallest absolute Gasteiger partial charge is 0.234 e. The summed E-state index contributed by atoms with van der Waals surface area (Å²) in [6, 6.07) is 7.98. The molecule has 114 valence electrons. The number of hydrogen-bond acceptors (Lipinski definition) is 3. The molecule has 21 heavy (non-hydrogen) atoms. The average Bonchev–Trinajstić information content (AvgIpc) is 2.57. The highest BCUT2D eigenvalue weighted by atomic mass is 16.3. The Hall–Kier alpha value is -1.39. The molecule has 1 fully saturated rings.